The number of hydrogen-bond donors (Lipinski definition) is 0. The average Bonchev–Trinajstić information content (AvgIpc) is 2.48. The summed E-state index contributed by atoms with van der Waals surface area (Å²) in [5, 5.41) is 0. The molecule has 1 saturated heterocycles. The highest BCUT2D eigenvalue weighted by Gasteiger charge is 2.23. The van der Waals surface area contributed by atoms with Crippen molar-refractivity contribution in [3.63, 3.8) is 0 Å². The van der Waals surface area contributed by atoms with Gasteiger partial charge in [-0.1, -0.05) is 37.3 Å². The zero-order valence-corrected chi connectivity index (χ0v) is 12.9. The maximum atomic E-state index is 12.4. The minimum atomic E-state index is 0.0722. The predicted octanol–water partition coefficient (Wildman–Crippen LogP) is 2.53. The van der Waals surface area contributed by atoms with E-state index in [1.165, 1.54) is 0 Å². The molecule has 1 aromatic carbocycles. The van der Waals surface area contributed by atoms with Gasteiger partial charge in [0.25, 0.3) is 0 Å². The number of carbonyl (C=O) groups is 1. The van der Waals surface area contributed by atoms with Gasteiger partial charge in [-0.25, -0.2) is 0 Å². The van der Waals surface area contributed by atoms with Crippen LogP contribution >= 0.6 is 0 Å². The van der Waals surface area contributed by atoms with Crippen molar-refractivity contribution in [2.45, 2.75) is 26.8 Å². The Kier molecular flexibility index (Phi) is 5.32. The summed E-state index contributed by atoms with van der Waals surface area (Å²) in [5.74, 6) is 0.333. The molecule has 2 rings (SSSR count). The van der Waals surface area contributed by atoms with E-state index in [4.69, 9.17) is 0 Å². The van der Waals surface area contributed by atoms with Gasteiger partial charge in [-0.2, -0.15) is 0 Å². The first-order chi connectivity index (χ1) is 9.58. The van der Waals surface area contributed by atoms with Gasteiger partial charge in [0, 0.05) is 50.2 Å². The number of hydrogen-bond acceptors (Lipinski definition) is 3. The zero-order chi connectivity index (χ0) is 14.5. The van der Waals surface area contributed by atoms with Crippen molar-refractivity contribution in [2.75, 3.05) is 32.7 Å². The van der Waals surface area contributed by atoms with E-state index in [9.17, 15) is 4.79 Å². The maximum absolute atomic E-state index is 12.4. The molecule has 1 atom stereocenters. The molecule has 1 unspecified atom stereocenters. The van der Waals surface area contributed by atoms with Gasteiger partial charge >= 0.3 is 0 Å². The van der Waals surface area contributed by atoms with Gasteiger partial charge in [0.2, 0.25) is 0 Å². The molecule has 0 N–H and O–H groups in total. The fraction of sp³-hybridized carbons (Fsp3) is 0.588. The van der Waals surface area contributed by atoms with E-state index >= 15 is 0 Å². The Hall–Kier alpha value is -1.19. The molecule has 110 valence electrons. The van der Waals surface area contributed by atoms with E-state index in [0.717, 1.165) is 38.3 Å². The molecule has 1 fully saturated rings. The average molecular weight is 274 g/mol. The molecule has 0 bridgehead atoms. The van der Waals surface area contributed by atoms with E-state index < -0.39 is 0 Å². The number of benzene rings is 1. The van der Waals surface area contributed by atoms with Gasteiger partial charge in [-0.15, -0.1) is 0 Å². The van der Waals surface area contributed by atoms with Crippen LogP contribution in [-0.4, -0.2) is 54.3 Å². The summed E-state index contributed by atoms with van der Waals surface area (Å²) in [6, 6.07) is 10.3. The molecule has 0 aliphatic carbocycles. The van der Waals surface area contributed by atoms with Gasteiger partial charge in [-0.3, -0.25) is 9.69 Å². The molecule has 3 heteroatoms. The molecule has 0 spiro atoms. The third-order valence-electron chi connectivity index (χ3n) is 4.18. The molecule has 1 aliphatic rings. The number of rotatable bonds is 5. The van der Waals surface area contributed by atoms with Crippen LogP contribution in [0.3, 0.4) is 0 Å². The van der Waals surface area contributed by atoms with Crippen molar-refractivity contribution in [1.29, 1.82) is 0 Å². The molecule has 1 aliphatic heterocycles. The maximum Gasteiger partial charge on any atom is 0.166 e. The Labute approximate surface area is 122 Å². The second kappa shape index (κ2) is 7.00. The normalized spacial score (nSPS) is 19.2. The van der Waals surface area contributed by atoms with Crippen LogP contribution in [0.1, 0.15) is 31.1 Å². The Morgan fingerprint density at radius 2 is 1.65 bits per heavy atom. The van der Waals surface area contributed by atoms with E-state index in [2.05, 4.69) is 23.6 Å². The van der Waals surface area contributed by atoms with E-state index in [1.54, 1.807) is 0 Å². The van der Waals surface area contributed by atoms with Crippen LogP contribution in [0.5, 0.6) is 0 Å². The molecule has 20 heavy (non-hydrogen) atoms. The van der Waals surface area contributed by atoms with Crippen LogP contribution in [0.25, 0.3) is 0 Å². The molecule has 0 aromatic heterocycles. The van der Waals surface area contributed by atoms with Crippen LogP contribution in [0.4, 0.5) is 0 Å². The van der Waals surface area contributed by atoms with Crippen LogP contribution < -0.4 is 0 Å². The van der Waals surface area contributed by atoms with Crippen molar-refractivity contribution >= 4 is 5.78 Å². The molecule has 1 aromatic rings. The molecular formula is C17H26N2O. The minimum absolute atomic E-state index is 0.0722. The number of carbonyl (C=O) groups excluding carboxylic acids is 1. The minimum Gasteiger partial charge on any atom is -0.300 e. The van der Waals surface area contributed by atoms with Crippen molar-refractivity contribution < 1.29 is 4.79 Å². The van der Waals surface area contributed by atoms with Gasteiger partial charge in [0.05, 0.1) is 0 Å². The highest BCUT2D eigenvalue weighted by Crippen LogP contribution is 2.12. The van der Waals surface area contributed by atoms with E-state index in [-0.39, 0.29) is 11.7 Å². The molecule has 1 heterocycles. The summed E-state index contributed by atoms with van der Waals surface area (Å²) in [6.07, 6.45) is 0. The third kappa shape index (κ3) is 3.90. The molecule has 0 amide bonds. The summed E-state index contributed by atoms with van der Waals surface area (Å²) in [5.41, 5.74) is 0.834. The van der Waals surface area contributed by atoms with Crippen LogP contribution in [0, 0.1) is 5.92 Å². The first-order valence-corrected chi connectivity index (χ1v) is 7.63. The number of nitrogens with zero attached hydrogens (tertiary/aromatic N) is 2. The highest BCUT2D eigenvalue weighted by atomic mass is 16.1. The zero-order valence-electron chi connectivity index (χ0n) is 12.9. The first-order valence-electron chi connectivity index (χ1n) is 7.63. The highest BCUT2D eigenvalue weighted by molar-refractivity contribution is 5.97. The second-order valence-corrected chi connectivity index (χ2v) is 6.06. The van der Waals surface area contributed by atoms with Crippen molar-refractivity contribution in [3.05, 3.63) is 35.9 Å². The van der Waals surface area contributed by atoms with Crippen molar-refractivity contribution in [1.82, 2.24) is 9.80 Å². The third-order valence-corrected chi connectivity index (χ3v) is 4.18. The van der Waals surface area contributed by atoms with E-state index in [0.29, 0.717) is 6.04 Å². The van der Waals surface area contributed by atoms with Crippen LogP contribution in [0.15, 0.2) is 30.3 Å². The lowest BCUT2D eigenvalue weighted by Gasteiger charge is -2.37. The topological polar surface area (TPSA) is 23.6 Å². The number of ketones is 1. The van der Waals surface area contributed by atoms with Gasteiger partial charge in [0.15, 0.2) is 5.78 Å². The van der Waals surface area contributed by atoms with Crippen molar-refractivity contribution in [3.8, 4) is 0 Å². The van der Waals surface area contributed by atoms with Gasteiger partial charge in [0.1, 0.15) is 0 Å². The van der Waals surface area contributed by atoms with Crippen LogP contribution in [-0.2, 0) is 0 Å². The molecule has 3 nitrogen and oxygen atoms in total. The Morgan fingerprint density at radius 1 is 1.05 bits per heavy atom. The Balaban J connectivity index is 1.84. The summed E-state index contributed by atoms with van der Waals surface area (Å²) in [4.78, 5) is 17.3. The Morgan fingerprint density at radius 3 is 2.20 bits per heavy atom. The summed E-state index contributed by atoms with van der Waals surface area (Å²) in [7, 11) is 0. The quantitative estimate of drug-likeness (QED) is 0.771. The number of piperazine rings is 1. The monoisotopic (exact) mass is 274 g/mol. The van der Waals surface area contributed by atoms with Crippen LogP contribution in [0.2, 0.25) is 0 Å². The smallest absolute Gasteiger partial charge is 0.166 e. The SMILES string of the molecule is CC(CN1CCN(C(C)C)CC1)C(=O)c1ccccc1. The summed E-state index contributed by atoms with van der Waals surface area (Å²) < 4.78 is 0. The molecular weight excluding hydrogens is 248 g/mol. The lowest BCUT2D eigenvalue weighted by Crippen LogP contribution is -2.50. The fourth-order valence-corrected chi connectivity index (χ4v) is 2.82. The predicted molar refractivity (Wildman–Crippen MR) is 83.1 cm³/mol. The van der Waals surface area contributed by atoms with Crippen molar-refractivity contribution in [2.24, 2.45) is 5.92 Å². The molecule has 0 radical (unpaired) electrons. The second-order valence-electron chi connectivity index (χ2n) is 6.06. The number of Topliss-reactive ketones (excluding diaryl/α,β-unsaturated/α-hetero) is 1. The lowest BCUT2D eigenvalue weighted by molar-refractivity contribution is 0.0788. The largest absolute Gasteiger partial charge is 0.300 e. The van der Waals surface area contributed by atoms with Gasteiger partial charge < -0.3 is 4.90 Å². The lowest BCUT2D eigenvalue weighted by atomic mass is 9.98. The van der Waals surface area contributed by atoms with E-state index in [1.807, 2.05) is 37.3 Å². The standard InChI is InChI=1S/C17H26N2O/c1-14(2)19-11-9-18(10-12-19)13-15(3)17(20)16-7-5-4-6-8-16/h4-8,14-15H,9-13H2,1-3H3. The summed E-state index contributed by atoms with van der Waals surface area (Å²) >= 11 is 0. The molecule has 0 saturated carbocycles. The van der Waals surface area contributed by atoms with Gasteiger partial charge in [-0.05, 0) is 13.8 Å². The fourth-order valence-electron chi connectivity index (χ4n) is 2.82. The Bertz CT molecular complexity index is 422. The first kappa shape index (κ1) is 15.2. The summed E-state index contributed by atoms with van der Waals surface area (Å²) in [6.45, 7) is 11.8.